The van der Waals surface area contributed by atoms with Crippen LogP contribution in [0.1, 0.15) is 36.5 Å². The second kappa shape index (κ2) is 11.9. The predicted molar refractivity (Wildman–Crippen MR) is 131 cm³/mol. The molecule has 0 N–H and O–H groups in total. The molecule has 0 saturated carbocycles. The molecule has 0 aliphatic carbocycles. The maximum absolute atomic E-state index is 13.7. The number of rotatable bonds is 11. The summed E-state index contributed by atoms with van der Waals surface area (Å²) >= 11 is 0. The minimum atomic E-state index is -0.280. The fourth-order valence-electron chi connectivity index (χ4n) is 4.35. The first-order valence-electron chi connectivity index (χ1n) is 11.8. The van der Waals surface area contributed by atoms with Crippen molar-refractivity contribution >= 4 is 5.78 Å². The topological polar surface area (TPSA) is 38.8 Å². The van der Waals surface area contributed by atoms with Crippen LogP contribution < -0.4 is 0 Å². The van der Waals surface area contributed by atoms with Crippen molar-refractivity contribution in [2.24, 2.45) is 0 Å². The molecule has 1 fully saturated rings. The number of Topliss-reactive ketones (excluding diaryl/α,β-unsaturated/α-hetero) is 1. The van der Waals surface area contributed by atoms with E-state index in [-0.39, 0.29) is 24.2 Å². The lowest BCUT2D eigenvalue weighted by atomic mass is 9.96. The molecular weight excluding hydrogens is 410 g/mol. The highest BCUT2D eigenvalue weighted by atomic mass is 16.7. The van der Waals surface area contributed by atoms with Crippen LogP contribution in [-0.4, -0.2) is 35.7 Å². The van der Waals surface area contributed by atoms with Crippen molar-refractivity contribution < 1.29 is 14.3 Å². The van der Waals surface area contributed by atoms with Crippen molar-refractivity contribution in [3.8, 4) is 0 Å². The van der Waals surface area contributed by atoms with Gasteiger partial charge in [0.1, 0.15) is 0 Å². The molecule has 1 saturated heterocycles. The van der Waals surface area contributed by atoms with Crippen LogP contribution in [0.4, 0.5) is 0 Å². The van der Waals surface area contributed by atoms with Crippen molar-refractivity contribution in [3.05, 3.63) is 108 Å². The Bertz CT molecular complexity index is 936. The fraction of sp³-hybridized carbons (Fsp3) is 0.345. The molecular formula is C29H33NO3. The van der Waals surface area contributed by atoms with E-state index in [1.165, 1.54) is 16.7 Å². The van der Waals surface area contributed by atoms with Gasteiger partial charge in [-0.3, -0.25) is 9.69 Å². The van der Waals surface area contributed by atoms with Crippen molar-refractivity contribution in [1.29, 1.82) is 0 Å². The van der Waals surface area contributed by atoms with Crippen LogP contribution in [0.25, 0.3) is 0 Å². The van der Waals surface area contributed by atoms with E-state index >= 15 is 0 Å². The number of carbonyl (C=O) groups is 1. The van der Waals surface area contributed by atoms with Crippen LogP contribution in [0.5, 0.6) is 0 Å². The van der Waals surface area contributed by atoms with Crippen molar-refractivity contribution in [2.45, 2.75) is 57.7 Å². The third kappa shape index (κ3) is 7.10. The van der Waals surface area contributed by atoms with Gasteiger partial charge in [-0.1, -0.05) is 91.0 Å². The molecule has 4 rings (SSSR count). The van der Waals surface area contributed by atoms with Gasteiger partial charge in [-0.25, -0.2) is 0 Å². The molecule has 172 valence electrons. The standard InChI is InChI=1S/C29H33NO3/c1-23-22-32-29(33-23)18-17-28(31)27(19-24-11-5-2-6-12-24)30(20-25-13-7-3-8-14-25)21-26-15-9-4-10-16-26/h2-16,23,27,29H,17-22H2,1H3/t23?,27-,29?/m0/s1. The molecule has 0 radical (unpaired) electrons. The van der Waals surface area contributed by atoms with Gasteiger partial charge in [0.15, 0.2) is 12.1 Å². The maximum atomic E-state index is 13.7. The quantitative estimate of drug-likeness (QED) is 0.397. The Morgan fingerprint density at radius 3 is 1.85 bits per heavy atom. The minimum Gasteiger partial charge on any atom is -0.350 e. The summed E-state index contributed by atoms with van der Waals surface area (Å²) in [6.45, 7) is 4.03. The zero-order valence-electron chi connectivity index (χ0n) is 19.3. The van der Waals surface area contributed by atoms with Gasteiger partial charge in [0.25, 0.3) is 0 Å². The van der Waals surface area contributed by atoms with E-state index in [0.717, 1.165) is 0 Å². The number of nitrogens with zero attached hydrogens (tertiary/aromatic N) is 1. The Morgan fingerprint density at radius 2 is 1.36 bits per heavy atom. The lowest BCUT2D eigenvalue weighted by Crippen LogP contribution is -2.42. The van der Waals surface area contributed by atoms with Gasteiger partial charge in [0.05, 0.1) is 18.8 Å². The van der Waals surface area contributed by atoms with Gasteiger partial charge in [0.2, 0.25) is 0 Å². The second-order valence-electron chi connectivity index (χ2n) is 8.80. The number of hydrogen-bond donors (Lipinski definition) is 0. The second-order valence-corrected chi connectivity index (χ2v) is 8.80. The average Bonchev–Trinajstić information content (AvgIpc) is 3.28. The number of ether oxygens (including phenoxy) is 2. The summed E-state index contributed by atoms with van der Waals surface area (Å²) in [5.41, 5.74) is 3.58. The molecule has 0 amide bonds. The number of hydrogen-bond acceptors (Lipinski definition) is 4. The van der Waals surface area contributed by atoms with E-state index in [1.54, 1.807) is 0 Å². The first-order valence-corrected chi connectivity index (χ1v) is 11.8. The molecule has 0 spiro atoms. The molecule has 0 aromatic heterocycles. The Balaban J connectivity index is 1.56. The first kappa shape index (κ1) is 23.4. The zero-order valence-corrected chi connectivity index (χ0v) is 19.3. The summed E-state index contributed by atoms with van der Waals surface area (Å²) in [7, 11) is 0. The third-order valence-corrected chi connectivity index (χ3v) is 6.07. The van der Waals surface area contributed by atoms with Crippen LogP contribution in [0.15, 0.2) is 91.0 Å². The zero-order chi connectivity index (χ0) is 22.9. The van der Waals surface area contributed by atoms with E-state index in [0.29, 0.717) is 39.0 Å². The first-order chi connectivity index (χ1) is 16.2. The molecule has 2 unspecified atom stereocenters. The van der Waals surface area contributed by atoms with E-state index < -0.39 is 0 Å². The lowest BCUT2D eigenvalue weighted by Gasteiger charge is -2.31. The number of carbonyl (C=O) groups excluding carboxylic acids is 1. The summed E-state index contributed by atoms with van der Waals surface area (Å²) in [4.78, 5) is 16.0. The van der Waals surface area contributed by atoms with Gasteiger partial charge in [0, 0.05) is 25.9 Å². The monoisotopic (exact) mass is 443 g/mol. The summed E-state index contributed by atoms with van der Waals surface area (Å²) in [5.74, 6) is 0.234. The predicted octanol–water partition coefficient (Wildman–Crippen LogP) is 5.41. The Labute approximate surface area is 197 Å². The SMILES string of the molecule is CC1COC(CCC(=O)[C@H](Cc2ccccc2)N(Cc2ccccc2)Cc2ccccc2)O1. The smallest absolute Gasteiger partial charge is 0.158 e. The summed E-state index contributed by atoms with van der Waals surface area (Å²) < 4.78 is 11.5. The van der Waals surface area contributed by atoms with Crippen LogP contribution in [0.3, 0.4) is 0 Å². The van der Waals surface area contributed by atoms with Gasteiger partial charge >= 0.3 is 0 Å². The highest BCUT2D eigenvalue weighted by Crippen LogP contribution is 2.21. The number of benzene rings is 3. The Morgan fingerprint density at radius 1 is 0.848 bits per heavy atom. The van der Waals surface area contributed by atoms with Crippen LogP contribution >= 0.6 is 0 Å². The summed E-state index contributed by atoms with van der Waals surface area (Å²) in [6, 6.07) is 30.9. The van der Waals surface area contributed by atoms with E-state index in [1.807, 2.05) is 37.3 Å². The molecule has 0 bridgehead atoms. The van der Waals surface area contributed by atoms with E-state index in [2.05, 4.69) is 65.6 Å². The minimum absolute atomic E-state index is 0.0953. The molecule has 1 heterocycles. The highest BCUT2D eigenvalue weighted by Gasteiger charge is 2.29. The summed E-state index contributed by atoms with van der Waals surface area (Å²) in [5, 5.41) is 0. The van der Waals surface area contributed by atoms with Crippen LogP contribution in [0.2, 0.25) is 0 Å². The highest BCUT2D eigenvalue weighted by molar-refractivity contribution is 5.84. The van der Waals surface area contributed by atoms with Gasteiger partial charge in [-0.05, 0) is 30.0 Å². The molecule has 4 heteroatoms. The van der Waals surface area contributed by atoms with Gasteiger partial charge in [-0.2, -0.15) is 0 Å². The molecule has 4 nitrogen and oxygen atoms in total. The van der Waals surface area contributed by atoms with Gasteiger partial charge in [-0.15, -0.1) is 0 Å². The average molecular weight is 444 g/mol. The fourth-order valence-corrected chi connectivity index (χ4v) is 4.35. The van der Waals surface area contributed by atoms with Crippen LogP contribution in [0, 0.1) is 0 Å². The van der Waals surface area contributed by atoms with Crippen molar-refractivity contribution in [2.75, 3.05) is 6.61 Å². The third-order valence-electron chi connectivity index (χ3n) is 6.07. The van der Waals surface area contributed by atoms with E-state index in [9.17, 15) is 4.79 Å². The Hall–Kier alpha value is -2.79. The lowest BCUT2D eigenvalue weighted by molar-refractivity contribution is -0.127. The maximum Gasteiger partial charge on any atom is 0.158 e. The molecule has 33 heavy (non-hydrogen) atoms. The molecule has 3 aromatic rings. The molecule has 3 atom stereocenters. The van der Waals surface area contributed by atoms with E-state index in [4.69, 9.17) is 9.47 Å². The normalized spacial score (nSPS) is 19.0. The van der Waals surface area contributed by atoms with Crippen molar-refractivity contribution in [1.82, 2.24) is 4.90 Å². The molecule has 1 aliphatic heterocycles. The van der Waals surface area contributed by atoms with Crippen LogP contribution in [-0.2, 0) is 33.8 Å². The van der Waals surface area contributed by atoms with Gasteiger partial charge < -0.3 is 9.47 Å². The van der Waals surface area contributed by atoms with Crippen molar-refractivity contribution in [3.63, 3.8) is 0 Å². The largest absolute Gasteiger partial charge is 0.350 e. The molecule has 3 aromatic carbocycles. The molecule has 1 aliphatic rings. The summed E-state index contributed by atoms with van der Waals surface area (Å²) in [6.07, 6.45) is 1.53. The number of ketones is 1. The Kier molecular flexibility index (Phi) is 8.42.